The number of benzene rings is 1. The summed E-state index contributed by atoms with van der Waals surface area (Å²) in [4.78, 5) is 20.7. The van der Waals surface area contributed by atoms with E-state index in [-0.39, 0.29) is 11.3 Å². The lowest BCUT2D eigenvalue weighted by Crippen LogP contribution is -2.25. The number of amides is 1. The molecule has 0 radical (unpaired) electrons. The Morgan fingerprint density at radius 1 is 1.44 bits per heavy atom. The molecular weight excluding hydrogens is 240 g/mol. The fourth-order valence-electron chi connectivity index (χ4n) is 1.61. The van der Waals surface area contributed by atoms with Crippen LogP contribution in [0.2, 0.25) is 0 Å². The predicted molar refractivity (Wildman–Crippen MR) is 62.6 cm³/mol. The van der Waals surface area contributed by atoms with Crippen LogP contribution in [0.25, 0.3) is 0 Å². The highest BCUT2D eigenvalue weighted by Crippen LogP contribution is 2.24. The number of non-ortho nitro benzene ring substituents is 1. The number of nitro groups is 1. The van der Waals surface area contributed by atoms with Crippen LogP contribution >= 0.6 is 0 Å². The average molecular weight is 254 g/mol. The molecule has 1 amide bonds. The second-order valence-corrected chi connectivity index (χ2v) is 4.04. The fourth-order valence-corrected chi connectivity index (χ4v) is 1.61. The summed E-state index contributed by atoms with van der Waals surface area (Å²) in [6.45, 7) is 1.63. The Morgan fingerprint density at radius 2 is 2.06 bits per heavy atom. The van der Waals surface area contributed by atoms with Crippen LogP contribution in [0.4, 0.5) is 5.69 Å². The Morgan fingerprint density at radius 3 is 2.56 bits per heavy atom. The summed E-state index contributed by atoms with van der Waals surface area (Å²) >= 11 is 0. The van der Waals surface area contributed by atoms with Crippen molar-refractivity contribution >= 4 is 11.6 Å². The monoisotopic (exact) mass is 254 g/mol. The van der Waals surface area contributed by atoms with E-state index in [4.69, 9.17) is 5.73 Å². The first-order valence-electron chi connectivity index (χ1n) is 5.21. The lowest BCUT2D eigenvalue weighted by atomic mass is 9.99. The van der Waals surface area contributed by atoms with E-state index >= 15 is 0 Å². The topological polar surface area (TPSA) is 127 Å². The highest BCUT2D eigenvalue weighted by molar-refractivity contribution is 5.74. The number of carbonyl (C=O) groups excluding carboxylic acids is 1. The van der Waals surface area contributed by atoms with Gasteiger partial charge in [-0.1, -0.05) is 6.07 Å². The van der Waals surface area contributed by atoms with Crippen molar-refractivity contribution in [2.45, 2.75) is 25.6 Å². The molecule has 1 aromatic rings. The molecule has 0 fully saturated rings. The molecule has 98 valence electrons. The quantitative estimate of drug-likeness (QED) is 0.510. The summed E-state index contributed by atoms with van der Waals surface area (Å²) in [7, 11) is 0. The molecule has 0 aliphatic carbocycles. The first-order valence-corrected chi connectivity index (χ1v) is 5.21. The van der Waals surface area contributed by atoms with E-state index in [1.807, 2.05) is 0 Å². The molecule has 0 aromatic heterocycles. The average Bonchev–Trinajstić information content (AvgIpc) is 2.26. The number of aryl methyl sites for hydroxylation is 1. The number of nitrogens with two attached hydrogens (primary N) is 1. The lowest BCUT2D eigenvalue weighted by Gasteiger charge is -2.17. The molecular formula is C11H14N2O5. The van der Waals surface area contributed by atoms with Crippen molar-refractivity contribution in [1.29, 1.82) is 0 Å². The van der Waals surface area contributed by atoms with Crippen LogP contribution < -0.4 is 5.73 Å². The van der Waals surface area contributed by atoms with Gasteiger partial charge < -0.3 is 15.9 Å². The van der Waals surface area contributed by atoms with Crippen molar-refractivity contribution < 1.29 is 19.9 Å². The summed E-state index contributed by atoms with van der Waals surface area (Å²) in [5.74, 6) is -0.760. The SMILES string of the molecule is Cc1cc(C(O)C(O)CC(N)=O)cc([N+](=O)[O-])c1. The van der Waals surface area contributed by atoms with Crippen molar-refractivity contribution in [1.82, 2.24) is 0 Å². The minimum atomic E-state index is -1.39. The molecule has 1 rings (SSSR count). The second-order valence-electron chi connectivity index (χ2n) is 4.04. The minimum Gasteiger partial charge on any atom is -0.390 e. The van der Waals surface area contributed by atoms with Gasteiger partial charge in [-0.05, 0) is 18.1 Å². The third kappa shape index (κ3) is 3.51. The van der Waals surface area contributed by atoms with Gasteiger partial charge in [-0.15, -0.1) is 0 Å². The van der Waals surface area contributed by atoms with Gasteiger partial charge in [0.15, 0.2) is 0 Å². The van der Waals surface area contributed by atoms with Crippen LogP contribution in [0.5, 0.6) is 0 Å². The molecule has 0 spiro atoms. The van der Waals surface area contributed by atoms with Gasteiger partial charge in [0.25, 0.3) is 5.69 Å². The van der Waals surface area contributed by atoms with Crippen LogP contribution in [0.15, 0.2) is 18.2 Å². The summed E-state index contributed by atoms with van der Waals surface area (Å²) in [6.07, 6.45) is -3.19. The van der Waals surface area contributed by atoms with Crippen LogP contribution in [-0.4, -0.2) is 27.1 Å². The highest BCUT2D eigenvalue weighted by Gasteiger charge is 2.22. The van der Waals surface area contributed by atoms with Gasteiger partial charge in [0.05, 0.1) is 17.4 Å². The lowest BCUT2D eigenvalue weighted by molar-refractivity contribution is -0.385. The molecule has 2 atom stereocenters. The first-order chi connectivity index (χ1) is 8.31. The van der Waals surface area contributed by atoms with Gasteiger partial charge in [0.1, 0.15) is 6.10 Å². The summed E-state index contributed by atoms with van der Waals surface area (Å²) in [5, 5.41) is 30.0. The van der Waals surface area contributed by atoms with E-state index in [0.717, 1.165) is 6.07 Å². The summed E-state index contributed by atoms with van der Waals surface area (Å²) < 4.78 is 0. The van der Waals surface area contributed by atoms with Crippen molar-refractivity contribution in [3.8, 4) is 0 Å². The molecule has 4 N–H and O–H groups in total. The molecule has 0 saturated carbocycles. The van der Waals surface area contributed by atoms with Gasteiger partial charge >= 0.3 is 0 Å². The van der Waals surface area contributed by atoms with Crippen molar-refractivity contribution in [3.63, 3.8) is 0 Å². The third-order valence-corrected chi connectivity index (χ3v) is 2.41. The Balaban J connectivity index is 3.01. The van der Waals surface area contributed by atoms with Gasteiger partial charge in [-0.3, -0.25) is 14.9 Å². The molecule has 7 heteroatoms. The second kappa shape index (κ2) is 5.56. The predicted octanol–water partition coefficient (Wildman–Crippen LogP) is 0.173. The standard InChI is InChI=1S/C11H14N2O5/c1-6-2-7(4-8(3-6)13(17)18)11(16)9(14)5-10(12)15/h2-4,9,11,14,16H,5H2,1H3,(H2,12,15). The maximum atomic E-state index is 10.7. The largest absolute Gasteiger partial charge is 0.390 e. The Hall–Kier alpha value is -1.99. The third-order valence-electron chi connectivity index (χ3n) is 2.41. The number of aliphatic hydroxyl groups excluding tert-OH is 2. The van der Waals surface area contributed by atoms with E-state index in [1.165, 1.54) is 12.1 Å². The van der Waals surface area contributed by atoms with Crippen molar-refractivity contribution in [2.75, 3.05) is 0 Å². The zero-order chi connectivity index (χ0) is 13.9. The Bertz CT molecular complexity index is 475. The number of primary amides is 1. The maximum Gasteiger partial charge on any atom is 0.270 e. The number of nitro benzene ring substituents is 1. The fraction of sp³-hybridized carbons (Fsp3) is 0.364. The van der Waals surface area contributed by atoms with E-state index in [0.29, 0.717) is 5.56 Å². The normalized spacial score (nSPS) is 13.9. The number of rotatable bonds is 5. The molecule has 0 saturated heterocycles. The molecule has 0 aliphatic rings. The van der Waals surface area contributed by atoms with Gasteiger partial charge in [0, 0.05) is 12.1 Å². The van der Waals surface area contributed by atoms with Crippen molar-refractivity contribution in [2.24, 2.45) is 5.73 Å². The number of hydrogen-bond acceptors (Lipinski definition) is 5. The van der Waals surface area contributed by atoms with Crippen LogP contribution in [0, 0.1) is 17.0 Å². The number of hydrogen-bond donors (Lipinski definition) is 3. The molecule has 0 bridgehead atoms. The number of nitrogens with zero attached hydrogens (tertiary/aromatic N) is 1. The van der Waals surface area contributed by atoms with Gasteiger partial charge in [0.2, 0.25) is 5.91 Å². The summed E-state index contributed by atoms with van der Waals surface area (Å²) in [6, 6.07) is 4.00. The molecule has 1 aromatic carbocycles. The highest BCUT2D eigenvalue weighted by atomic mass is 16.6. The van der Waals surface area contributed by atoms with E-state index < -0.39 is 29.5 Å². The molecule has 7 nitrogen and oxygen atoms in total. The van der Waals surface area contributed by atoms with Crippen molar-refractivity contribution in [3.05, 3.63) is 39.4 Å². The molecule has 18 heavy (non-hydrogen) atoms. The number of aliphatic hydroxyl groups is 2. The first kappa shape index (κ1) is 14.1. The van der Waals surface area contributed by atoms with Crippen LogP contribution in [0.3, 0.4) is 0 Å². The maximum absolute atomic E-state index is 10.7. The van der Waals surface area contributed by atoms with Crippen LogP contribution in [0.1, 0.15) is 23.7 Å². The zero-order valence-electron chi connectivity index (χ0n) is 9.74. The molecule has 0 heterocycles. The van der Waals surface area contributed by atoms with E-state index in [1.54, 1.807) is 6.92 Å². The molecule has 2 unspecified atom stereocenters. The Labute approximate surface area is 103 Å². The van der Waals surface area contributed by atoms with Gasteiger partial charge in [-0.25, -0.2) is 0 Å². The van der Waals surface area contributed by atoms with E-state index in [9.17, 15) is 25.1 Å². The smallest absolute Gasteiger partial charge is 0.270 e. The van der Waals surface area contributed by atoms with Gasteiger partial charge in [-0.2, -0.15) is 0 Å². The molecule has 0 aliphatic heterocycles. The summed E-state index contributed by atoms with van der Waals surface area (Å²) in [5.41, 5.74) is 5.46. The van der Waals surface area contributed by atoms with E-state index in [2.05, 4.69) is 0 Å². The van der Waals surface area contributed by atoms with Crippen LogP contribution in [-0.2, 0) is 4.79 Å². The minimum absolute atomic E-state index is 0.176. The Kier molecular flexibility index (Phi) is 4.35. The zero-order valence-corrected chi connectivity index (χ0v) is 9.74. The number of carbonyl (C=O) groups is 1.